The van der Waals surface area contributed by atoms with E-state index in [9.17, 15) is 0 Å². The lowest BCUT2D eigenvalue weighted by atomic mass is 10.0. The van der Waals surface area contributed by atoms with Gasteiger partial charge in [-0.3, -0.25) is 0 Å². The van der Waals surface area contributed by atoms with E-state index in [0.29, 0.717) is 12.1 Å². The molecule has 0 aromatic carbocycles. The Morgan fingerprint density at radius 2 is 1.21 bits per heavy atom. The summed E-state index contributed by atoms with van der Waals surface area (Å²) in [5.41, 5.74) is 2.75. The van der Waals surface area contributed by atoms with Crippen LogP contribution in [-0.4, -0.2) is 25.2 Å². The molecule has 0 spiro atoms. The zero-order chi connectivity index (χ0) is 10.6. The Bertz CT molecular complexity index is 207. The average molecular weight is 194 g/mol. The second-order valence-corrected chi connectivity index (χ2v) is 4.45. The van der Waals surface area contributed by atoms with Gasteiger partial charge in [0.2, 0.25) is 0 Å². The van der Waals surface area contributed by atoms with Crippen molar-refractivity contribution >= 4 is 0 Å². The van der Waals surface area contributed by atoms with E-state index in [1.807, 2.05) is 0 Å². The molecular weight excluding hydrogens is 172 g/mol. The maximum absolute atomic E-state index is 3.52. The van der Waals surface area contributed by atoms with Gasteiger partial charge in [0.1, 0.15) is 0 Å². The molecule has 1 fully saturated rings. The Morgan fingerprint density at radius 3 is 1.50 bits per heavy atom. The summed E-state index contributed by atoms with van der Waals surface area (Å²) in [6.45, 7) is 10.7. The Labute approximate surface area is 87.5 Å². The normalized spacial score (nSPS) is 26.9. The SMILES string of the molecule is CC(C)=CC1NCCNC1C=C(C)C. The lowest BCUT2D eigenvalue weighted by molar-refractivity contribution is 0.408. The Hall–Kier alpha value is -0.600. The van der Waals surface area contributed by atoms with Gasteiger partial charge in [0.15, 0.2) is 0 Å². The minimum Gasteiger partial charge on any atom is -0.308 e. The molecule has 0 aromatic heterocycles. The van der Waals surface area contributed by atoms with Gasteiger partial charge in [0.05, 0.1) is 0 Å². The molecule has 0 saturated carbocycles. The van der Waals surface area contributed by atoms with Gasteiger partial charge in [-0.25, -0.2) is 0 Å². The van der Waals surface area contributed by atoms with Gasteiger partial charge in [0, 0.05) is 25.2 Å². The summed E-state index contributed by atoms with van der Waals surface area (Å²) in [5, 5.41) is 7.04. The van der Waals surface area contributed by atoms with Gasteiger partial charge in [-0.15, -0.1) is 0 Å². The van der Waals surface area contributed by atoms with Crippen molar-refractivity contribution in [3.05, 3.63) is 23.3 Å². The molecule has 0 bridgehead atoms. The maximum Gasteiger partial charge on any atom is 0.0444 e. The highest BCUT2D eigenvalue weighted by atomic mass is 15.1. The first kappa shape index (κ1) is 11.5. The largest absolute Gasteiger partial charge is 0.308 e. The Balaban J connectivity index is 2.69. The number of piperazine rings is 1. The predicted octanol–water partition coefficient (Wildman–Crippen LogP) is 1.85. The second kappa shape index (κ2) is 5.32. The number of hydrogen-bond donors (Lipinski definition) is 2. The van der Waals surface area contributed by atoms with E-state index in [2.05, 4.69) is 50.5 Å². The molecule has 80 valence electrons. The molecule has 2 unspecified atom stereocenters. The molecule has 0 radical (unpaired) electrons. The van der Waals surface area contributed by atoms with E-state index >= 15 is 0 Å². The van der Waals surface area contributed by atoms with Crippen LogP contribution in [0.1, 0.15) is 27.7 Å². The first-order chi connectivity index (χ1) is 6.59. The monoisotopic (exact) mass is 194 g/mol. The minimum atomic E-state index is 0.448. The van der Waals surface area contributed by atoms with Crippen molar-refractivity contribution in [3.8, 4) is 0 Å². The first-order valence-corrected chi connectivity index (χ1v) is 5.36. The van der Waals surface area contributed by atoms with Crippen molar-refractivity contribution in [2.45, 2.75) is 39.8 Å². The van der Waals surface area contributed by atoms with Crippen molar-refractivity contribution in [1.82, 2.24) is 10.6 Å². The van der Waals surface area contributed by atoms with Gasteiger partial charge in [-0.05, 0) is 27.7 Å². The van der Waals surface area contributed by atoms with Crippen molar-refractivity contribution in [3.63, 3.8) is 0 Å². The van der Waals surface area contributed by atoms with E-state index in [1.54, 1.807) is 0 Å². The van der Waals surface area contributed by atoms with Crippen LogP contribution in [0.25, 0.3) is 0 Å². The number of rotatable bonds is 2. The first-order valence-electron chi connectivity index (χ1n) is 5.36. The number of nitrogens with one attached hydrogen (secondary N) is 2. The standard InChI is InChI=1S/C12H22N2/c1-9(2)7-11-12(8-10(3)4)14-6-5-13-11/h7-8,11-14H,5-6H2,1-4H3. The molecule has 0 amide bonds. The molecule has 1 aliphatic heterocycles. The molecule has 2 heteroatoms. The maximum atomic E-state index is 3.52. The topological polar surface area (TPSA) is 24.1 Å². The van der Waals surface area contributed by atoms with E-state index in [-0.39, 0.29) is 0 Å². The summed E-state index contributed by atoms with van der Waals surface area (Å²) >= 11 is 0. The number of allylic oxidation sites excluding steroid dienone is 2. The molecule has 0 aromatic rings. The fourth-order valence-electron chi connectivity index (χ4n) is 1.78. The molecule has 1 saturated heterocycles. The van der Waals surface area contributed by atoms with E-state index < -0.39 is 0 Å². The summed E-state index contributed by atoms with van der Waals surface area (Å²) in [4.78, 5) is 0. The van der Waals surface area contributed by atoms with E-state index in [4.69, 9.17) is 0 Å². The highest BCUT2D eigenvalue weighted by Crippen LogP contribution is 2.07. The van der Waals surface area contributed by atoms with Crippen molar-refractivity contribution in [2.75, 3.05) is 13.1 Å². The fraction of sp³-hybridized carbons (Fsp3) is 0.667. The third kappa shape index (κ3) is 3.64. The highest BCUT2D eigenvalue weighted by Gasteiger charge is 2.19. The van der Waals surface area contributed by atoms with Crippen molar-refractivity contribution in [1.29, 1.82) is 0 Å². The Kier molecular flexibility index (Phi) is 4.36. The van der Waals surface area contributed by atoms with Crippen LogP contribution in [0.5, 0.6) is 0 Å². The van der Waals surface area contributed by atoms with Gasteiger partial charge >= 0.3 is 0 Å². The van der Waals surface area contributed by atoms with Gasteiger partial charge in [0.25, 0.3) is 0 Å². The predicted molar refractivity (Wildman–Crippen MR) is 62.4 cm³/mol. The summed E-state index contributed by atoms with van der Waals surface area (Å²) in [6.07, 6.45) is 4.60. The van der Waals surface area contributed by atoms with Gasteiger partial charge < -0.3 is 10.6 Å². The number of hydrogen-bond acceptors (Lipinski definition) is 2. The van der Waals surface area contributed by atoms with Crippen LogP contribution in [0.4, 0.5) is 0 Å². The zero-order valence-corrected chi connectivity index (χ0v) is 9.72. The third-order valence-electron chi connectivity index (χ3n) is 2.30. The van der Waals surface area contributed by atoms with Gasteiger partial charge in [-0.1, -0.05) is 23.3 Å². The fourth-order valence-corrected chi connectivity index (χ4v) is 1.78. The van der Waals surface area contributed by atoms with Crippen LogP contribution in [0.3, 0.4) is 0 Å². The minimum absolute atomic E-state index is 0.448. The van der Waals surface area contributed by atoms with E-state index in [0.717, 1.165) is 13.1 Å². The lowest BCUT2D eigenvalue weighted by Crippen LogP contribution is -2.54. The lowest BCUT2D eigenvalue weighted by Gasteiger charge is -2.30. The second-order valence-electron chi connectivity index (χ2n) is 4.45. The molecule has 2 atom stereocenters. The van der Waals surface area contributed by atoms with Crippen LogP contribution in [0, 0.1) is 0 Å². The van der Waals surface area contributed by atoms with Crippen molar-refractivity contribution in [2.24, 2.45) is 0 Å². The van der Waals surface area contributed by atoms with Crippen molar-refractivity contribution < 1.29 is 0 Å². The smallest absolute Gasteiger partial charge is 0.0444 e. The van der Waals surface area contributed by atoms with Crippen LogP contribution in [0.15, 0.2) is 23.3 Å². The molecule has 2 nitrogen and oxygen atoms in total. The zero-order valence-electron chi connectivity index (χ0n) is 9.72. The molecule has 14 heavy (non-hydrogen) atoms. The summed E-state index contributed by atoms with van der Waals surface area (Å²) in [5.74, 6) is 0. The third-order valence-corrected chi connectivity index (χ3v) is 2.30. The summed E-state index contributed by atoms with van der Waals surface area (Å²) in [6, 6.07) is 0.896. The quantitative estimate of drug-likeness (QED) is 0.656. The highest BCUT2D eigenvalue weighted by molar-refractivity contribution is 5.14. The molecular formula is C12H22N2. The molecule has 2 N–H and O–H groups in total. The van der Waals surface area contributed by atoms with E-state index in [1.165, 1.54) is 11.1 Å². The molecule has 1 rings (SSSR count). The van der Waals surface area contributed by atoms with Crippen LogP contribution < -0.4 is 10.6 Å². The average Bonchev–Trinajstić information content (AvgIpc) is 2.06. The summed E-state index contributed by atoms with van der Waals surface area (Å²) < 4.78 is 0. The molecule has 1 heterocycles. The van der Waals surface area contributed by atoms with Crippen LogP contribution in [0.2, 0.25) is 0 Å². The van der Waals surface area contributed by atoms with Gasteiger partial charge in [-0.2, -0.15) is 0 Å². The van der Waals surface area contributed by atoms with Crippen LogP contribution >= 0.6 is 0 Å². The molecule has 0 aliphatic carbocycles. The summed E-state index contributed by atoms with van der Waals surface area (Å²) in [7, 11) is 0. The van der Waals surface area contributed by atoms with Crippen LogP contribution in [-0.2, 0) is 0 Å². The Morgan fingerprint density at radius 1 is 0.857 bits per heavy atom. The molecule has 1 aliphatic rings.